The summed E-state index contributed by atoms with van der Waals surface area (Å²) in [5, 5.41) is 9.88. The number of fused-ring (bicyclic) bond motifs is 1. The SMILES string of the molecule is O=C(C1CC1)N1CCc2ccc(O)cc2C1c1ccc(F)cc1. The van der Waals surface area contributed by atoms with Crippen LogP contribution in [-0.4, -0.2) is 22.5 Å². The molecular formula is C19H18FNO2. The number of carbonyl (C=O) groups is 1. The minimum Gasteiger partial charge on any atom is -0.508 e. The molecule has 1 heterocycles. The topological polar surface area (TPSA) is 40.5 Å². The van der Waals surface area contributed by atoms with Gasteiger partial charge in [0, 0.05) is 12.5 Å². The first-order chi connectivity index (χ1) is 11.1. The van der Waals surface area contributed by atoms with Crippen molar-refractivity contribution in [2.24, 2.45) is 5.92 Å². The van der Waals surface area contributed by atoms with Crippen LogP contribution in [0, 0.1) is 11.7 Å². The molecule has 1 aliphatic carbocycles. The van der Waals surface area contributed by atoms with Crippen LogP contribution in [0.4, 0.5) is 4.39 Å². The highest BCUT2D eigenvalue weighted by atomic mass is 19.1. The van der Waals surface area contributed by atoms with Crippen molar-refractivity contribution in [3.63, 3.8) is 0 Å². The molecule has 1 saturated carbocycles. The molecule has 0 spiro atoms. The number of rotatable bonds is 2. The molecule has 118 valence electrons. The van der Waals surface area contributed by atoms with Crippen LogP contribution in [0.2, 0.25) is 0 Å². The number of phenols is 1. The van der Waals surface area contributed by atoms with Gasteiger partial charge < -0.3 is 10.0 Å². The van der Waals surface area contributed by atoms with E-state index in [4.69, 9.17) is 0 Å². The molecule has 0 saturated heterocycles. The van der Waals surface area contributed by atoms with E-state index in [1.165, 1.54) is 12.1 Å². The minimum absolute atomic E-state index is 0.136. The molecule has 1 atom stereocenters. The number of hydrogen-bond donors (Lipinski definition) is 1. The molecular weight excluding hydrogens is 293 g/mol. The number of amides is 1. The van der Waals surface area contributed by atoms with Gasteiger partial charge in [0.2, 0.25) is 5.91 Å². The number of halogens is 1. The number of phenolic OH excluding ortho intramolecular Hbond substituents is 1. The molecule has 1 amide bonds. The van der Waals surface area contributed by atoms with Crippen molar-refractivity contribution in [2.75, 3.05) is 6.54 Å². The average Bonchev–Trinajstić information content (AvgIpc) is 3.39. The van der Waals surface area contributed by atoms with Gasteiger partial charge in [0.25, 0.3) is 0 Å². The normalized spacial score (nSPS) is 20.2. The summed E-state index contributed by atoms with van der Waals surface area (Å²) in [6.07, 6.45) is 2.70. The highest BCUT2D eigenvalue weighted by Gasteiger charge is 2.39. The summed E-state index contributed by atoms with van der Waals surface area (Å²) in [6, 6.07) is 11.4. The van der Waals surface area contributed by atoms with Gasteiger partial charge >= 0.3 is 0 Å². The van der Waals surface area contributed by atoms with Crippen molar-refractivity contribution in [1.29, 1.82) is 0 Å². The van der Waals surface area contributed by atoms with Crippen molar-refractivity contribution in [2.45, 2.75) is 25.3 Å². The van der Waals surface area contributed by atoms with E-state index in [9.17, 15) is 14.3 Å². The lowest BCUT2D eigenvalue weighted by Gasteiger charge is -2.38. The number of benzene rings is 2. The number of nitrogens with zero attached hydrogens (tertiary/aromatic N) is 1. The summed E-state index contributed by atoms with van der Waals surface area (Å²) in [5.74, 6) is 0.211. The molecule has 1 aliphatic heterocycles. The Hall–Kier alpha value is -2.36. The lowest BCUT2D eigenvalue weighted by molar-refractivity contribution is -0.134. The van der Waals surface area contributed by atoms with E-state index in [1.807, 2.05) is 11.0 Å². The molecule has 0 aromatic heterocycles. The van der Waals surface area contributed by atoms with Gasteiger partial charge in [0.15, 0.2) is 0 Å². The fourth-order valence-corrected chi connectivity index (χ4v) is 3.41. The molecule has 4 heteroatoms. The number of carbonyl (C=O) groups excluding carboxylic acids is 1. The quantitative estimate of drug-likeness (QED) is 0.923. The first-order valence-corrected chi connectivity index (χ1v) is 8.01. The van der Waals surface area contributed by atoms with Crippen LogP contribution in [0.3, 0.4) is 0 Å². The molecule has 3 nitrogen and oxygen atoms in total. The van der Waals surface area contributed by atoms with Crippen LogP contribution in [-0.2, 0) is 11.2 Å². The van der Waals surface area contributed by atoms with Crippen molar-refractivity contribution in [3.05, 3.63) is 65.0 Å². The van der Waals surface area contributed by atoms with E-state index in [0.29, 0.717) is 6.54 Å². The van der Waals surface area contributed by atoms with E-state index < -0.39 is 0 Å². The van der Waals surface area contributed by atoms with Crippen LogP contribution in [0.15, 0.2) is 42.5 Å². The summed E-state index contributed by atoms with van der Waals surface area (Å²) in [4.78, 5) is 14.6. The average molecular weight is 311 g/mol. The molecule has 1 unspecified atom stereocenters. The molecule has 1 fully saturated rings. The van der Waals surface area contributed by atoms with Crippen molar-refractivity contribution < 1.29 is 14.3 Å². The molecule has 1 N–H and O–H groups in total. The predicted molar refractivity (Wildman–Crippen MR) is 84.5 cm³/mol. The molecule has 2 aromatic rings. The maximum absolute atomic E-state index is 13.3. The van der Waals surface area contributed by atoms with Gasteiger partial charge in [-0.3, -0.25) is 4.79 Å². The van der Waals surface area contributed by atoms with E-state index >= 15 is 0 Å². The fraction of sp³-hybridized carbons (Fsp3) is 0.316. The van der Waals surface area contributed by atoms with Crippen molar-refractivity contribution in [3.8, 4) is 5.75 Å². The van der Waals surface area contributed by atoms with Gasteiger partial charge in [-0.15, -0.1) is 0 Å². The van der Waals surface area contributed by atoms with Crippen LogP contribution >= 0.6 is 0 Å². The van der Waals surface area contributed by atoms with Crippen LogP contribution < -0.4 is 0 Å². The molecule has 23 heavy (non-hydrogen) atoms. The monoisotopic (exact) mass is 311 g/mol. The van der Waals surface area contributed by atoms with Crippen LogP contribution in [0.1, 0.15) is 35.6 Å². The third kappa shape index (κ3) is 2.58. The van der Waals surface area contributed by atoms with Gasteiger partial charge in [-0.1, -0.05) is 18.2 Å². The lowest BCUT2D eigenvalue weighted by atomic mass is 9.87. The minimum atomic E-state index is -0.291. The van der Waals surface area contributed by atoms with Gasteiger partial charge in [0.1, 0.15) is 11.6 Å². The van der Waals surface area contributed by atoms with E-state index in [0.717, 1.165) is 36.0 Å². The Morgan fingerprint density at radius 2 is 1.87 bits per heavy atom. The summed E-state index contributed by atoms with van der Waals surface area (Å²) in [5.41, 5.74) is 2.96. The van der Waals surface area contributed by atoms with E-state index in [-0.39, 0.29) is 29.4 Å². The Morgan fingerprint density at radius 1 is 1.13 bits per heavy atom. The predicted octanol–water partition coefficient (Wildman–Crippen LogP) is 3.42. The Bertz CT molecular complexity index is 752. The number of hydrogen-bond acceptors (Lipinski definition) is 2. The molecule has 2 aliphatic rings. The zero-order valence-corrected chi connectivity index (χ0v) is 12.7. The van der Waals surface area contributed by atoms with Gasteiger partial charge in [0.05, 0.1) is 6.04 Å². The number of aromatic hydroxyl groups is 1. The van der Waals surface area contributed by atoms with Gasteiger partial charge in [-0.05, 0) is 60.2 Å². The second kappa shape index (κ2) is 5.37. The third-order valence-corrected chi connectivity index (χ3v) is 4.75. The maximum atomic E-state index is 13.3. The van der Waals surface area contributed by atoms with E-state index in [1.54, 1.807) is 24.3 Å². The van der Waals surface area contributed by atoms with Gasteiger partial charge in [-0.2, -0.15) is 0 Å². The van der Waals surface area contributed by atoms with Crippen molar-refractivity contribution >= 4 is 5.91 Å². The van der Waals surface area contributed by atoms with E-state index in [2.05, 4.69) is 0 Å². The first-order valence-electron chi connectivity index (χ1n) is 8.01. The molecule has 0 radical (unpaired) electrons. The highest BCUT2D eigenvalue weighted by molar-refractivity contribution is 5.82. The largest absolute Gasteiger partial charge is 0.508 e. The smallest absolute Gasteiger partial charge is 0.226 e. The fourth-order valence-electron chi connectivity index (χ4n) is 3.41. The maximum Gasteiger partial charge on any atom is 0.226 e. The lowest BCUT2D eigenvalue weighted by Crippen LogP contribution is -2.41. The Labute approximate surface area is 134 Å². The third-order valence-electron chi connectivity index (χ3n) is 4.75. The zero-order chi connectivity index (χ0) is 16.0. The highest BCUT2D eigenvalue weighted by Crippen LogP contribution is 2.40. The first kappa shape index (κ1) is 14.2. The molecule has 2 aromatic carbocycles. The van der Waals surface area contributed by atoms with Crippen LogP contribution in [0.5, 0.6) is 5.75 Å². The van der Waals surface area contributed by atoms with Crippen LogP contribution in [0.25, 0.3) is 0 Å². The summed E-state index contributed by atoms with van der Waals surface area (Å²) in [6.45, 7) is 0.662. The molecule has 0 bridgehead atoms. The Kier molecular flexibility index (Phi) is 3.33. The zero-order valence-electron chi connectivity index (χ0n) is 12.7. The summed E-state index contributed by atoms with van der Waals surface area (Å²) in [7, 11) is 0. The second-order valence-corrected chi connectivity index (χ2v) is 6.39. The summed E-state index contributed by atoms with van der Waals surface area (Å²) >= 11 is 0. The summed E-state index contributed by atoms with van der Waals surface area (Å²) < 4.78 is 13.3. The Morgan fingerprint density at radius 3 is 2.57 bits per heavy atom. The van der Waals surface area contributed by atoms with Gasteiger partial charge in [-0.25, -0.2) is 4.39 Å². The Balaban J connectivity index is 1.81. The second-order valence-electron chi connectivity index (χ2n) is 6.39. The molecule has 4 rings (SSSR count). The standard InChI is InChI=1S/C19H18FNO2/c20-15-6-3-13(4-7-15)18-17-11-16(22)8-5-12(17)9-10-21(18)19(23)14-1-2-14/h3-8,11,14,18,22H,1-2,9-10H2. The van der Waals surface area contributed by atoms with Crippen molar-refractivity contribution in [1.82, 2.24) is 4.90 Å².